The smallest absolute Gasteiger partial charge is 0.270 e. The molecule has 0 atom stereocenters. The van der Waals surface area contributed by atoms with Gasteiger partial charge in [-0.15, -0.1) is 11.3 Å². The predicted octanol–water partition coefficient (Wildman–Crippen LogP) is 3.59. The fraction of sp³-hybridized carbons (Fsp3) is 0.0556. The summed E-state index contributed by atoms with van der Waals surface area (Å²) in [7, 11) is 0. The number of hydrogen-bond acceptors (Lipinski definition) is 6. The van der Waals surface area contributed by atoms with E-state index in [4.69, 9.17) is 12.2 Å². The van der Waals surface area contributed by atoms with Gasteiger partial charge in [-0.2, -0.15) is 0 Å². The first-order valence-electron chi connectivity index (χ1n) is 7.88. The Labute approximate surface area is 160 Å². The number of fused-ring (bicyclic) bond motifs is 3. The van der Waals surface area contributed by atoms with Crippen molar-refractivity contribution in [2.24, 2.45) is 0 Å². The lowest BCUT2D eigenvalue weighted by Gasteiger charge is -2.09. The van der Waals surface area contributed by atoms with Crippen molar-refractivity contribution in [2.75, 3.05) is 0 Å². The van der Waals surface area contributed by atoms with Crippen molar-refractivity contribution in [3.8, 4) is 0 Å². The average molecular weight is 397 g/mol. The lowest BCUT2D eigenvalue weighted by Crippen LogP contribution is -2.23. The molecule has 7 nitrogen and oxygen atoms in total. The maximum atomic E-state index is 13.2. The van der Waals surface area contributed by atoms with E-state index in [9.17, 15) is 19.7 Å². The maximum absolute atomic E-state index is 13.2. The van der Waals surface area contributed by atoms with Crippen LogP contribution >= 0.6 is 23.6 Å². The lowest BCUT2D eigenvalue weighted by atomic mass is 10.1. The quantitative estimate of drug-likeness (QED) is 0.247. The molecule has 4 aromatic rings. The Morgan fingerprint density at radius 3 is 2.59 bits per heavy atom. The van der Waals surface area contributed by atoms with Crippen molar-refractivity contribution in [1.29, 1.82) is 0 Å². The molecule has 0 amide bonds. The normalized spacial score (nSPS) is 11.1. The molecule has 2 aromatic heterocycles. The summed E-state index contributed by atoms with van der Waals surface area (Å²) >= 11 is 6.36. The topological polar surface area (TPSA) is 98.0 Å². The molecule has 0 aliphatic heterocycles. The predicted molar refractivity (Wildman–Crippen MR) is 107 cm³/mol. The number of aromatic nitrogens is 2. The zero-order chi connectivity index (χ0) is 19.1. The molecular formula is C18H11N3O4S2. The Kier molecular flexibility index (Phi) is 4.17. The van der Waals surface area contributed by atoms with E-state index < -0.39 is 16.0 Å². The van der Waals surface area contributed by atoms with Crippen LogP contribution in [-0.2, 0) is 6.54 Å². The minimum atomic E-state index is -0.538. The zero-order valence-corrected chi connectivity index (χ0v) is 15.3. The van der Waals surface area contributed by atoms with Crippen molar-refractivity contribution in [3.05, 3.63) is 88.9 Å². The van der Waals surface area contributed by atoms with Gasteiger partial charge in [-0.25, -0.2) is 0 Å². The second-order valence-corrected chi connectivity index (χ2v) is 7.53. The summed E-state index contributed by atoms with van der Waals surface area (Å²) in [6.07, 6.45) is 0. The number of nitrogens with one attached hydrogen (secondary N) is 1. The Hall–Kier alpha value is -3.17. The van der Waals surface area contributed by atoms with E-state index in [1.807, 2.05) is 30.3 Å². The van der Waals surface area contributed by atoms with Gasteiger partial charge in [0.25, 0.3) is 16.8 Å². The first-order valence-corrected chi connectivity index (χ1v) is 9.10. The van der Waals surface area contributed by atoms with E-state index in [2.05, 4.69) is 4.98 Å². The van der Waals surface area contributed by atoms with E-state index >= 15 is 0 Å². The Morgan fingerprint density at radius 1 is 1.15 bits per heavy atom. The van der Waals surface area contributed by atoms with Crippen molar-refractivity contribution in [1.82, 2.24) is 9.55 Å². The summed E-state index contributed by atoms with van der Waals surface area (Å²) in [6.45, 7) is 0.258. The average Bonchev–Trinajstić information content (AvgIpc) is 2.65. The van der Waals surface area contributed by atoms with Gasteiger partial charge in [-0.3, -0.25) is 24.3 Å². The summed E-state index contributed by atoms with van der Waals surface area (Å²) in [6, 6.07) is 13.4. The van der Waals surface area contributed by atoms with Gasteiger partial charge in [0.15, 0.2) is 3.95 Å². The SMILES string of the molecule is O=c1[nH]c2ccc([N+](=O)[O-])cc2c2c(=O)n(Cc3ccccc3)c(=S)sc12. The first-order chi connectivity index (χ1) is 13.0. The Bertz CT molecular complexity index is 1390. The summed E-state index contributed by atoms with van der Waals surface area (Å²) in [4.78, 5) is 38.8. The number of benzene rings is 2. The number of hydrogen-bond donors (Lipinski definition) is 1. The molecule has 0 aliphatic rings. The molecule has 4 rings (SSSR count). The third-order valence-corrected chi connectivity index (χ3v) is 5.68. The summed E-state index contributed by atoms with van der Waals surface area (Å²) in [5.74, 6) is 0. The number of nitro benzene ring substituents is 1. The van der Waals surface area contributed by atoms with Crippen LogP contribution < -0.4 is 11.1 Å². The van der Waals surface area contributed by atoms with E-state index in [0.29, 0.717) is 10.9 Å². The lowest BCUT2D eigenvalue weighted by molar-refractivity contribution is -0.384. The number of nitrogens with zero attached hydrogens (tertiary/aromatic N) is 2. The molecule has 0 aliphatic carbocycles. The van der Waals surface area contributed by atoms with Crippen LogP contribution in [0.5, 0.6) is 0 Å². The minimum absolute atomic E-state index is 0.145. The Balaban J connectivity index is 2.10. The highest BCUT2D eigenvalue weighted by atomic mass is 32.1. The summed E-state index contributed by atoms with van der Waals surface area (Å²) < 4.78 is 1.85. The molecule has 2 heterocycles. The van der Waals surface area contributed by atoms with Crippen LogP contribution in [0.4, 0.5) is 5.69 Å². The minimum Gasteiger partial charge on any atom is -0.321 e. The number of nitro groups is 1. The van der Waals surface area contributed by atoms with E-state index in [-0.39, 0.29) is 26.3 Å². The van der Waals surface area contributed by atoms with E-state index in [1.165, 1.54) is 22.8 Å². The second kappa shape index (κ2) is 6.53. The maximum Gasteiger partial charge on any atom is 0.270 e. The van der Waals surface area contributed by atoms with Gasteiger partial charge in [-0.05, 0) is 23.8 Å². The van der Waals surface area contributed by atoms with Gasteiger partial charge in [0.2, 0.25) is 0 Å². The number of aromatic amines is 1. The molecule has 0 bridgehead atoms. The van der Waals surface area contributed by atoms with Crippen molar-refractivity contribution >= 4 is 50.2 Å². The van der Waals surface area contributed by atoms with Crippen LogP contribution in [0.1, 0.15) is 5.56 Å². The molecule has 9 heteroatoms. The van der Waals surface area contributed by atoms with Crippen molar-refractivity contribution < 1.29 is 4.92 Å². The molecule has 134 valence electrons. The van der Waals surface area contributed by atoms with Gasteiger partial charge in [0, 0.05) is 23.0 Å². The van der Waals surface area contributed by atoms with Crippen LogP contribution in [0.2, 0.25) is 0 Å². The van der Waals surface area contributed by atoms with Crippen LogP contribution in [-0.4, -0.2) is 14.5 Å². The zero-order valence-electron chi connectivity index (χ0n) is 13.7. The van der Waals surface area contributed by atoms with Gasteiger partial charge < -0.3 is 4.98 Å². The summed E-state index contributed by atoms with van der Waals surface area (Å²) in [5.41, 5.74) is 0.223. The van der Waals surface area contributed by atoms with Gasteiger partial charge in [-0.1, -0.05) is 30.3 Å². The molecule has 27 heavy (non-hydrogen) atoms. The van der Waals surface area contributed by atoms with Crippen LogP contribution in [0.15, 0.2) is 58.1 Å². The second-order valence-electron chi connectivity index (χ2n) is 5.89. The molecule has 0 saturated heterocycles. The van der Waals surface area contributed by atoms with Crippen molar-refractivity contribution in [3.63, 3.8) is 0 Å². The third kappa shape index (κ3) is 2.96. The largest absolute Gasteiger partial charge is 0.321 e. The van der Waals surface area contributed by atoms with Crippen LogP contribution in [0.25, 0.3) is 21.0 Å². The molecule has 0 unspecified atom stereocenters. The highest BCUT2D eigenvalue weighted by Gasteiger charge is 2.16. The van der Waals surface area contributed by atoms with Crippen molar-refractivity contribution in [2.45, 2.75) is 6.54 Å². The van der Waals surface area contributed by atoms with E-state index in [0.717, 1.165) is 16.9 Å². The fourth-order valence-electron chi connectivity index (χ4n) is 2.95. The monoisotopic (exact) mass is 397 g/mol. The standard InChI is InChI=1S/C18H11N3O4S2/c22-16-15-14(12-8-11(21(24)25)6-7-13(12)19-16)17(23)20(18(26)27-15)9-10-4-2-1-3-5-10/h1-8H,9H2,(H,19,22). The van der Waals surface area contributed by atoms with Crippen LogP contribution in [0, 0.1) is 14.1 Å². The van der Waals surface area contributed by atoms with E-state index in [1.54, 1.807) is 0 Å². The molecule has 2 aromatic carbocycles. The molecular weight excluding hydrogens is 386 g/mol. The molecule has 0 spiro atoms. The Morgan fingerprint density at radius 2 is 1.89 bits per heavy atom. The first kappa shape index (κ1) is 17.3. The number of rotatable bonds is 3. The van der Waals surface area contributed by atoms with Crippen LogP contribution in [0.3, 0.4) is 0 Å². The fourth-order valence-corrected chi connectivity index (χ4v) is 4.22. The number of non-ortho nitro benzene ring substituents is 1. The third-order valence-electron chi connectivity index (χ3n) is 4.22. The molecule has 1 N–H and O–H groups in total. The number of pyridine rings is 1. The molecule has 0 fully saturated rings. The summed E-state index contributed by atoms with van der Waals surface area (Å²) in [5, 5.41) is 11.6. The molecule has 0 saturated carbocycles. The highest BCUT2D eigenvalue weighted by molar-refractivity contribution is 7.73. The number of H-pyrrole nitrogens is 1. The van der Waals surface area contributed by atoms with Gasteiger partial charge >= 0.3 is 0 Å². The van der Waals surface area contributed by atoms with Gasteiger partial charge in [0.05, 0.1) is 16.9 Å². The molecule has 0 radical (unpaired) electrons. The van der Waals surface area contributed by atoms with Gasteiger partial charge in [0.1, 0.15) is 4.70 Å². The highest BCUT2D eigenvalue weighted by Crippen LogP contribution is 2.25.